The lowest BCUT2D eigenvalue weighted by Crippen LogP contribution is -2.49. The van der Waals surface area contributed by atoms with Crippen molar-refractivity contribution >= 4 is 6.09 Å². The molecule has 116 valence electrons. The Labute approximate surface area is 127 Å². The number of aryl methyl sites for hydroxylation is 1. The van der Waals surface area contributed by atoms with Crippen molar-refractivity contribution < 1.29 is 9.53 Å². The van der Waals surface area contributed by atoms with E-state index in [0.717, 1.165) is 18.4 Å². The minimum Gasteiger partial charge on any atom is -0.444 e. The van der Waals surface area contributed by atoms with E-state index in [-0.39, 0.29) is 18.2 Å². The van der Waals surface area contributed by atoms with E-state index in [0.29, 0.717) is 6.54 Å². The third kappa shape index (κ3) is 3.97. The van der Waals surface area contributed by atoms with E-state index in [1.54, 1.807) is 4.90 Å². The summed E-state index contributed by atoms with van der Waals surface area (Å²) in [6.45, 7) is 8.40. The fourth-order valence-corrected chi connectivity index (χ4v) is 2.74. The summed E-state index contributed by atoms with van der Waals surface area (Å²) in [7, 11) is 0. The molecule has 1 aliphatic heterocycles. The Balaban J connectivity index is 2.25. The second-order valence-electron chi connectivity index (χ2n) is 6.84. The van der Waals surface area contributed by atoms with Gasteiger partial charge >= 0.3 is 6.09 Å². The summed E-state index contributed by atoms with van der Waals surface area (Å²) in [5, 5.41) is 0. The number of rotatable bonds is 1. The highest BCUT2D eigenvalue weighted by Crippen LogP contribution is 2.31. The van der Waals surface area contributed by atoms with Gasteiger partial charge in [0.25, 0.3) is 0 Å². The summed E-state index contributed by atoms with van der Waals surface area (Å²) in [5.41, 5.74) is 8.08. The summed E-state index contributed by atoms with van der Waals surface area (Å²) in [5.74, 6) is 0. The molecule has 0 aromatic heterocycles. The second-order valence-corrected chi connectivity index (χ2v) is 6.84. The van der Waals surface area contributed by atoms with Crippen LogP contribution in [0.2, 0.25) is 0 Å². The van der Waals surface area contributed by atoms with Crippen molar-refractivity contribution in [1.29, 1.82) is 0 Å². The highest BCUT2D eigenvalue weighted by molar-refractivity contribution is 5.69. The van der Waals surface area contributed by atoms with Gasteiger partial charge in [-0.3, -0.25) is 4.90 Å². The zero-order valence-electron chi connectivity index (χ0n) is 13.4. The number of carbonyl (C=O) groups excluding carboxylic acids is 1. The zero-order chi connectivity index (χ0) is 15.6. The molecule has 2 N–H and O–H groups in total. The maximum Gasteiger partial charge on any atom is 0.410 e. The van der Waals surface area contributed by atoms with Crippen LogP contribution in [0.3, 0.4) is 0 Å². The molecule has 1 fully saturated rings. The van der Waals surface area contributed by atoms with E-state index in [1.807, 2.05) is 20.8 Å². The van der Waals surface area contributed by atoms with Gasteiger partial charge in [-0.1, -0.05) is 29.8 Å². The summed E-state index contributed by atoms with van der Waals surface area (Å²) >= 11 is 0. The summed E-state index contributed by atoms with van der Waals surface area (Å²) in [4.78, 5) is 14.2. The molecule has 2 unspecified atom stereocenters. The Kier molecular flexibility index (Phi) is 4.57. The monoisotopic (exact) mass is 290 g/mol. The smallest absolute Gasteiger partial charge is 0.410 e. The van der Waals surface area contributed by atoms with Crippen LogP contribution in [0.25, 0.3) is 0 Å². The summed E-state index contributed by atoms with van der Waals surface area (Å²) in [6, 6.07) is 8.09. The van der Waals surface area contributed by atoms with Crippen LogP contribution in [-0.2, 0) is 4.74 Å². The maximum absolute atomic E-state index is 12.5. The Bertz CT molecular complexity index is 491. The maximum atomic E-state index is 12.5. The molecule has 1 heterocycles. The molecule has 0 radical (unpaired) electrons. The lowest BCUT2D eigenvalue weighted by molar-refractivity contribution is 0.00646. The van der Waals surface area contributed by atoms with Crippen LogP contribution in [0.15, 0.2) is 24.3 Å². The van der Waals surface area contributed by atoms with Crippen LogP contribution < -0.4 is 5.73 Å². The second kappa shape index (κ2) is 6.06. The number of piperidine rings is 1. The average molecular weight is 290 g/mol. The predicted octanol–water partition coefficient (Wildman–Crippen LogP) is 3.39. The fraction of sp³-hybridized carbons (Fsp3) is 0.588. The normalized spacial score (nSPS) is 23.0. The molecular weight excluding hydrogens is 264 g/mol. The number of carbonyl (C=O) groups is 1. The van der Waals surface area contributed by atoms with E-state index in [2.05, 4.69) is 31.2 Å². The number of nitrogens with zero attached hydrogens (tertiary/aromatic N) is 1. The number of nitrogens with two attached hydrogens (primary N) is 1. The summed E-state index contributed by atoms with van der Waals surface area (Å²) < 4.78 is 5.53. The molecule has 21 heavy (non-hydrogen) atoms. The van der Waals surface area contributed by atoms with Gasteiger partial charge in [-0.15, -0.1) is 0 Å². The predicted molar refractivity (Wildman–Crippen MR) is 84.1 cm³/mol. The number of amides is 1. The lowest BCUT2D eigenvalue weighted by atomic mass is 9.91. The number of benzene rings is 1. The van der Waals surface area contributed by atoms with Crippen LogP contribution in [0.1, 0.15) is 50.8 Å². The molecule has 0 saturated carbocycles. The first kappa shape index (κ1) is 15.8. The molecule has 0 aliphatic carbocycles. The van der Waals surface area contributed by atoms with Gasteiger partial charge in [0, 0.05) is 12.6 Å². The lowest BCUT2D eigenvalue weighted by Gasteiger charge is -2.40. The van der Waals surface area contributed by atoms with E-state index < -0.39 is 5.60 Å². The van der Waals surface area contributed by atoms with Crippen molar-refractivity contribution in [1.82, 2.24) is 4.90 Å². The molecule has 4 nitrogen and oxygen atoms in total. The molecule has 2 rings (SSSR count). The first-order valence-electron chi connectivity index (χ1n) is 7.60. The standard InChI is InChI=1S/C17H26N2O2/c1-12-7-9-13(10-8-12)15-14(18)6-5-11-19(15)16(20)21-17(2,3)4/h7-10,14-15H,5-6,11,18H2,1-4H3. The van der Waals surface area contributed by atoms with Gasteiger partial charge in [-0.2, -0.15) is 0 Å². The molecule has 2 atom stereocenters. The number of likely N-dealkylation sites (tertiary alicyclic amines) is 1. The van der Waals surface area contributed by atoms with Gasteiger partial charge in [0.2, 0.25) is 0 Å². The molecule has 0 bridgehead atoms. The molecular formula is C17H26N2O2. The fourth-order valence-electron chi connectivity index (χ4n) is 2.74. The molecule has 1 aromatic carbocycles. The van der Waals surface area contributed by atoms with Crippen molar-refractivity contribution in [2.75, 3.05) is 6.54 Å². The van der Waals surface area contributed by atoms with E-state index >= 15 is 0 Å². The molecule has 1 aliphatic rings. The molecule has 1 amide bonds. The van der Waals surface area contributed by atoms with E-state index in [4.69, 9.17) is 10.5 Å². The van der Waals surface area contributed by atoms with Crippen molar-refractivity contribution in [3.63, 3.8) is 0 Å². The van der Waals surface area contributed by atoms with Crippen LogP contribution in [0, 0.1) is 6.92 Å². The van der Waals surface area contributed by atoms with Crippen LogP contribution in [0.5, 0.6) is 0 Å². The van der Waals surface area contributed by atoms with Gasteiger partial charge in [-0.05, 0) is 46.1 Å². The van der Waals surface area contributed by atoms with Crippen molar-refractivity contribution in [2.24, 2.45) is 5.73 Å². The minimum atomic E-state index is -0.490. The van der Waals surface area contributed by atoms with Gasteiger partial charge < -0.3 is 10.5 Å². The van der Waals surface area contributed by atoms with Crippen molar-refractivity contribution in [2.45, 2.75) is 58.2 Å². The van der Waals surface area contributed by atoms with Crippen molar-refractivity contribution in [3.8, 4) is 0 Å². The summed E-state index contributed by atoms with van der Waals surface area (Å²) in [6.07, 6.45) is 1.57. The Morgan fingerprint density at radius 3 is 2.48 bits per heavy atom. The molecule has 1 saturated heterocycles. The van der Waals surface area contributed by atoms with Crippen LogP contribution in [-0.4, -0.2) is 29.2 Å². The number of hydrogen-bond donors (Lipinski definition) is 1. The molecule has 0 spiro atoms. The highest BCUT2D eigenvalue weighted by atomic mass is 16.6. The van der Waals surface area contributed by atoms with E-state index in [1.165, 1.54) is 5.56 Å². The average Bonchev–Trinajstić information content (AvgIpc) is 2.38. The largest absolute Gasteiger partial charge is 0.444 e. The van der Waals surface area contributed by atoms with Crippen molar-refractivity contribution in [3.05, 3.63) is 35.4 Å². The Hall–Kier alpha value is -1.55. The Morgan fingerprint density at radius 2 is 1.90 bits per heavy atom. The molecule has 4 heteroatoms. The molecule has 1 aromatic rings. The quantitative estimate of drug-likeness (QED) is 0.862. The van der Waals surface area contributed by atoms with Crippen LogP contribution in [0.4, 0.5) is 4.79 Å². The first-order chi connectivity index (χ1) is 9.78. The Morgan fingerprint density at radius 1 is 1.29 bits per heavy atom. The zero-order valence-corrected chi connectivity index (χ0v) is 13.4. The van der Waals surface area contributed by atoms with Gasteiger partial charge in [0.05, 0.1) is 6.04 Å². The van der Waals surface area contributed by atoms with Crippen LogP contribution >= 0.6 is 0 Å². The topological polar surface area (TPSA) is 55.6 Å². The third-order valence-corrected chi connectivity index (χ3v) is 3.72. The minimum absolute atomic E-state index is 0.0472. The van der Waals surface area contributed by atoms with Gasteiger partial charge in [0.15, 0.2) is 0 Å². The SMILES string of the molecule is Cc1ccc(C2C(N)CCCN2C(=O)OC(C)(C)C)cc1. The van der Waals surface area contributed by atoms with E-state index in [9.17, 15) is 4.79 Å². The number of hydrogen-bond acceptors (Lipinski definition) is 3. The van der Waals surface area contributed by atoms with Gasteiger partial charge in [0.1, 0.15) is 5.60 Å². The number of ether oxygens (including phenoxy) is 1. The van der Waals surface area contributed by atoms with Gasteiger partial charge in [-0.25, -0.2) is 4.79 Å². The first-order valence-corrected chi connectivity index (χ1v) is 7.60. The third-order valence-electron chi connectivity index (χ3n) is 3.72. The highest BCUT2D eigenvalue weighted by Gasteiger charge is 2.35.